The van der Waals surface area contributed by atoms with Crippen molar-refractivity contribution in [2.75, 3.05) is 12.4 Å². The lowest BCUT2D eigenvalue weighted by molar-refractivity contribution is 0.321. The van der Waals surface area contributed by atoms with Gasteiger partial charge >= 0.3 is 0 Å². The van der Waals surface area contributed by atoms with Crippen LogP contribution in [0.3, 0.4) is 0 Å². The summed E-state index contributed by atoms with van der Waals surface area (Å²) in [5.74, 6) is 1.71. The minimum Gasteiger partial charge on any atom is -0.492 e. The Bertz CT molecular complexity index is 567. The molecule has 0 fully saturated rings. The fraction of sp³-hybridized carbons (Fsp3) is 0.267. The van der Waals surface area contributed by atoms with Crippen LogP contribution in [0.25, 0.3) is 0 Å². The van der Waals surface area contributed by atoms with Crippen molar-refractivity contribution in [3.8, 4) is 5.75 Å². The molecule has 0 amide bonds. The Kier molecular flexibility index (Phi) is 5.49. The summed E-state index contributed by atoms with van der Waals surface area (Å²) in [7, 11) is 0. The molecule has 0 unspecified atom stereocenters. The quantitative estimate of drug-likeness (QED) is 0.465. The second-order valence-corrected chi connectivity index (χ2v) is 6.49. The van der Waals surface area contributed by atoms with E-state index in [1.807, 2.05) is 24.3 Å². The van der Waals surface area contributed by atoms with Gasteiger partial charge in [-0.3, -0.25) is 5.41 Å². The Balaban J connectivity index is 2.09. The maximum atomic E-state index is 7.76. The zero-order chi connectivity index (χ0) is 14.4. The highest BCUT2D eigenvalue weighted by Gasteiger charge is 2.12. The van der Waals surface area contributed by atoms with Crippen molar-refractivity contribution in [1.29, 1.82) is 5.41 Å². The molecule has 1 aromatic heterocycles. The van der Waals surface area contributed by atoms with E-state index in [1.165, 1.54) is 4.88 Å². The molecule has 1 heterocycles. The minimum absolute atomic E-state index is 0.0627. The summed E-state index contributed by atoms with van der Waals surface area (Å²) in [5, 5.41) is 9.82. The summed E-state index contributed by atoms with van der Waals surface area (Å²) in [6.07, 6.45) is 0.875. The number of benzene rings is 1. The minimum atomic E-state index is 0.0627. The summed E-state index contributed by atoms with van der Waals surface area (Å²) in [5.41, 5.74) is 6.42. The third kappa shape index (κ3) is 3.77. The van der Waals surface area contributed by atoms with Gasteiger partial charge in [-0.05, 0) is 29.3 Å². The molecule has 5 heteroatoms. The molecule has 0 aliphatic heterocycles. The van der Waals surface area contributed by atoms with E-state index in [-0.39, 0.29) is 5.84 Å². The molecule has 3 nitrogen and oxygen atoms in total. The van der Waals surface area contributed by atoms with E-state index in [2.05, 4.69) is 18.4 Å². The van der Waals surface area contributed by atoms with E-state index < -0.39 is 0 Å². The first-order chi connectivity index (χ1) is 9.72. The maximum Gasteiger partial charge on any atom is 0.131 e. The average Bonchev–Trinajstić information content (AvgIpc) is 2.92. The summed E-state index contributed by atoms with van der Waals surface area (Å²) in [6.45, 7) is 2.68. The van der Waals surface area contributed by atoms with Crippen molar-refractivity contribution in [2.45, 2.75) is 18.2 Å². The van der Waals surface area contributed by atoms with Crippen LogP contribution in [-0.2, 0) is 6.42 Å². The van der Waals surface area contributed by atoms with E-state index in [0.29, 0.717) is 17.9 Å². The molecule has 0 spiro atoms. The van der Waals surface area contributed by atoms with E-state index in [0.717, 1.165) is 17.1 Å². The molecule has 0 radical (unpaired) electrons. The van der Waals surface area contributed by atoms with Crippen molar-refractivity contribution in [3.05, 3.63) is 46.2 Å². The van der Waals surface area contributed by atoms with Crippen molar-refractivity contribution >= 4 is 28.9 Å². The fourth-order valence-electron chi connectivity index (χ4n) is 1.89. The third-order valence-electron chi connectivity index (χ3n) is 2.74. The van der Waals surface area contributed by atoms with E-state index in [4.69, 9.17) is 15.9 Å². The number of thiophene rings is 1. The van der Waals surface area contributed by atoms with Gasteiger partial charge in [-0.15, -0.1) is 23.1 Å². The molecule has 3 N–H and O–H groups in total. The lowest BCUT2D eigenvalue weighted by Crippen LogP contribution is -2.15. The Morgan fingerprint density at radius 2 is 2.20 bits per heavy atom. The normalized spacial score (nSPS) is 10.4. The highest BCUT2D eigenvalue weighted by Crippen LogP contribution is 2.29. The van der Waals surface area contributed by atoms with Crippen LogP contribution >= 0.6 is 23.1 Å². The Labute approximate surface area is 127 Å². The maximum absolute atomic E-state index is 7.76. The SMILES string of the molecule is CCSc1cccc(OCCc2cccs2)c1C(=N)N. The Morgan fingerprint density at radius 1 is 1.35 bits per heavy atom. The first-order valence-corrected chi connectivity index (χ1v) is 8.34. The number of hydrogen-bond acceptors (Lipinski definition) is 4. The van der Waals surface area contributed by atoms with Gasteiger partial charge in [0.2, 0.25) is 0 Å². The number of nitrogens with one attached hydrogen (secondary N) is 1. The first-order valence-electron chi connectivity index (χ1n) is 6.47. The van der Waals surface area contributed by atoms with E-state index in [9.17, 15) is 0 Å². The summed E-state index contributed by atoms with van der Waals surface area (Å²) in [4.78, 5) is 2.31. The van der Waals surface area contributed by atoms with Gasteiger partial charge in [0, 0.05) is 16.2 Å². The van der Waals surface area contributed by atoms with Crippen LogP contribution in [0, 0.1) is 5.41 Å². The number of nitrogens with two attached hydrogens (primary N) is 1. The van der Waals surface area contributed by atoms with Gasteiger partial charge in [-0.1, -0.05) is 19.1 Å². The van der Waals surface area contributed by atoms with Crippen molar-refractivity contribution in [2.24, 2.45) is 5.73 Å². The number of ether oxygens (including phenoxy) is 1. The lowest BCUT2D eigenvalue weighted by Gasteiger charge is -2.13. The standard InChI is InChI=1S/C15H18N2OS2/c1-2-19-13-7-3-6-12(14(13)15(16)17)18-9-8-11-5-4-10-20-11/h3-7,10H,2,8-9H2,1H3,(H3,16,17). The molecule has 20 heavy (non-hydrogen) atoms. The molecule has 2 rings (SSSR count). The molecule has 0 saturated heterocycles. The zero-order valence-corrected chi connectivity index (χ0v) is 13.0. The van der Waals surface area contributed by atoms with Crippen LogP contribution in [-0.4, -0.2) is 18.2 Å². The zero-order valence-electron chi connectivity index (χ0n) is 11.4. The number of rotatable bonds is 7. The summed E-state index contributed by atoms with van der Waals surface area (Å²) in [6, 6.07) is 9.95. The number of nitrogen functional groups attached to an aromatic ring is 1. The number of thioether (sulfide) groups is 1. The second-order valence-electron chi connectivity index (χ2n) is 4.15. The molecule has 2 aromatic rings. The Morgan fingerprint density at radius 3 is 2.85 bits per heavy atom. The van der Waals surface area contributed by atoms with Crippen LogP contribution in [0.5, 0.6) is 5.75 Å². The molecule has 0 bridgehead atoms. The van der Waals surface area contributed by atoms with Crippen LogP contribution in [0.4, 0.5) is 0 Å². The Hall–Kier alpha value is -1.46. The number of hydrogen-bond donors (Lipinski definition) is 2. The monoisotopic (exact) mass is 306 g/mol. The largest absolute Gasteiger partial charge is 0.492 e. The van der Waals surface area contributed by atoms with Crippen molar-refractivity contribution in [1.82, 2.24) is 0 Å². The molecular formula is C15H18N2OS2. The number of amidine groups is 1. The molecule has 0 saturated carbocycles. The molecule has 0 aliphatic rings. The lowest BCUT2D eigenvalue weighted by atomic mass is 10.2. The molecule has 106 valence electrons. The smallest absolute Gasteiger partial charge is 0.131 e. The van der Waals surface area contributed by atoms with Gasteiger partial charge in [0.25, 0.3) is 0 Å². The second kappa shape index (κ2) is 7.36. The van der Waals surface area contributed by atoms with E-state index >= 15 is 0 Å². The predicted octanol–water partition coefficient (Wildman–Crippen LogP) is 3.77. The third-order valence-corrected chi connectivity index (χ3v) is 4.62. The molecular weight excluding hydrogens is 288 g/mol. The van der Waals surface area contributed by atoms with Crippen LogP contribution in [0.15, 0.2) is 40.6 Å². The van der Waals surface area contributed by atoms with Crippen LogP contribution in [0.2, 0.25) is 0 Å². The molecule has 0 atom stereocenters. The summed E-state index contributed by atoms with van der Waals surface area (Å²) >= 11 is 3.41. The topological polar surface area (TPSA) is 59.1 Å². The first kappa shape index (κ1) is 14.9. The van der Waals surface area contributed by atoms with Crippen molar-refractivity contribution in [3.63, 3.8) is 0 Å². The van der Waals surface area contributed by atoms with Gasteiger partial charge < -0.3 is 10.5 Å². The molecule has 0 aliphatic carbocycles. The molecule has 1 aromatic carbocycles. The fourth-order valence-corrected chi connectivity index (χ4v) is 3.42. The highest BCUT2D eigenvalue weighted by atomic mass is 32.2. The van der Waals surface area contributed by atoms with Gasteiger partial charge in [-0.25, -0.2) is 0 Å². The highest BCUT2D eigenvalue weighted by molar-refractivity contribution is 7.99. The van der Waals surface area contributed by atoms with Gasteiger partial charge in [0.1, 0.15) is 11.6 Å². The summed E-state index contributed by atoms with van der Waals surface area (Å²) < 4.78 is 5.83. The predicted molar refractivity (Wildman–Crippen MR) is 87.4 cm³/mol. The van der Waals surface area contributed by atoms with Gasteiger partial charge in [0.15, 0.2) is 0 Å². The van der Waals surface area contributed by atoms with Gasteiger partial charge in [-0.2, -0.15) is 0 Å². The van der Waals surface area contributed by atoms with Crippen LogP contribution < -0.4 is 10.5 Å². The van der Waals surface area contributed by atoms with Gasteiger partial charge in [0.05, 0.1) is 12.2 Å². The van der Waals surface area contributed by atoms with Crippen molar-refractivity contribution < 1.29 is 4.74 Å². The van der Waals surface area contributed by atoms with E-state index in [1.54, 1.807) is 23.1 Å². The van der Waals surface area contributed by atoms with Crippen LogP contribution in [0.1, 0.15) is 17.4 Å². The average molecular weight is 306 g/mol.